The molecule has 0 aromatic heterocycles. The van der Waals surface area contributed by atoms with Gasteiger partial charge in [0.1, 0.15) is 0 Å². The highest BCUT2D eigenvalue weighted by molar-refractivity contribution is 9.10. The van der Waals surface area contributed by atoms with Gasteiger partial charge in [0.2, 0.25) is 0 Å². The Morgan fingerprint density at radius 3 is 2.72 bits per heavy atom. The van der Waals surface area contributed by atoms with Gasteiger partial charge in [-0.25, -0.2) is 0 Å². The van der Waals surface area contributed by atoms with Gasteiger partial charge in [-0.3, -0.25) is 4.79 Å². The van der Waals surface area contributed by atoms with Crippen molar-refractivity contribution >= 4 is 27.5 Å². The van der Waals surface area contributed by atoms with Crippen LogP contribution in [0.5, 0.6) is 0 Å². The maximum atomic E-state index is 12.1. The molecule has 0 saturated carbocycles. The average molecular weight is 315 g/mol. The smallest absolute Gasteiger partial charge is 0.252 e. The van der Waals surface area contributed by atoms with E-state index in [1.54, 1.807) is 18.2 Å². The van der Waals surface area contributed by atoms with Crippen LogP contribution in [0.4, 0.5) is 5.69 Å². The number of carbonyl (C=O) groups excluding carboxylic acids is 1. The molecule has 1 aromatic rings. The molecule has 0 radical (unpaired) electrons. The van der Waals surface area contributed by atoms with Gasteiger partial charge >= 0.3 is 0 Å². The van der Waals surface area contributed by atoms with Gasteiger partial charge in [-0.1, -0.05) is 13.8 Å². The van der Waals surface area contributed by atoms with E-state index in [0.717, 1.165) is 6.42 Å². The van der Waals surface area contributed by atoms with E-state index >= 15 is 0 Å². The first-order valence-corrected chi connectivity index (χ1v) is 6.70. The molecule has 0 aliphatic carbocycles. The second-order valence-corrected chi connectivity index (χ2v) is 5.58. The molecule has 5 heteroatoms. The molecule has 1 rings (SSSR count). The average Bonchev–Trinajstić information content (AvgIpc) is 2.30. The van der Waals surface area contributed by atoms with Crippen LogP contribution in [-0.2, 0) is 0 Å². The molecule has 0 bridgehead atoms. The Balaban J connectivity index is 2.77. The number of aliphatic hydroxyl groups excluding tert-OH is 1. The number of nitrogens with one attached hydrogen (secondary N) is 1. The summed E-state index contributed by atoms with van der Waals surface area (Å²) >= 11 is 3.31. The van der Waals surface area contributed by atoms with Crippen LogP contribution >= 0.6 is 15.9 Å². The summed E-state index contributed by atoms with van der Waals surface area (Å²) in [6.45, 7) is 4.03. The van der Waals surface area contributed by atoms with Crippen LogP contribution in [0.1, 0.15) is 30.6 Å². The molecule has 0 heterocycles. The summed E-state index contributed by atoms with van der Waals surface area (Å²) in [6, 6.07) is 4.84. The molecule has 0 saturated heterocycles. The molecular weight excluding hydrogens is 296 g/mol. The van der Waals surface area contributed by atoms with Crippen molar-refractivity contribution in [2.45, 2.75) is 26.3 Å². The van der Waals surface area contributed by atoms with Crippen molar-refractivity contribution in [3.05, 3.63) is 28.2 Å². The predicted molar refractivity (Wildman–Crippen MR) is 76.3 cm³/mol. The zero-order valence-corrected chi connectivity index (χ0v) is 12.2. The third-order valence-electron chi connectivity index (χ3n) is 2.55. The second-order valence-electron chi connectivity index (χ2n) is 4.72. The van der Waals surface area contributed by atoms with Crippen LogP contribution in [0.25, 0.3) is 0 Å². The number of halogens is 1. The Kier molecular flexibility index (Phi) is 5.62. The fourth-order valence-electron chi connectivity index (χ4n) is 1.73. The first kappa shape index (κ1) is 15.0. The SMILES string of the molecule is CC(C)CC(CO)NC(=O)c1cc(N)ccc1Br. The molecule has 4 nitrogen and oxygen atoms in total. The van der Waals surface area contributed by atoms with Gasteiger partial charge in [-0.05, 0) is 46.5 Å². The van der Waals surface area contributed by atoms with Gasteiger partial charge in [-0.2, -0.15) is 0 Å². The first-order valence-electron chi connectivity index (χ1n) is 5.90. The van der Waals surface area contributed by atoms with Crippen molar-refractivity contribution in [2.75, 3.05) is 12.3 Å². The summed E-state index contributed by atoms with van der Waals surface area (Å²) in [7, 11) is 0. The van der Waals surface area contributed by atoms with E-state index in [9.17, 15) is 9.90 Å². The molecule has 0 aliphatic heterocycles. The van der Waals surface area contributed by atoms with Crippen molar-refractivity contribution in [1.29, 1.82) is 0 Å². The number of anilines is 1. The second kappa shape index (κ2) is 6.75. The van der Waals surface area contributed by atoms with Crippen molar-refractivity contribution in [2.24, 2.45) is 5.92 Å². The Morgan fingerprint density at radius 2 is 2.17 bits per heavy atom. The number of nitrogen functional groups attached to an aromatic ring is 1. The topological polar surface area (TPSA) is 75.3 Å². The number of nitrogens with two attached hydrogens (primary N) is 1. The van der Waals surface area contributed by atoms with Crippen LogP contribution in [0, 0.1) is 5.92 Å². The summed E-state index contributed by atoms with van der Waals surface area (Å²) in [5.41, 5.74) is 6.68. The van der Waals surface area contributed by atoms with E-state index in [1.165, 1.54) is 0 Å². The van der Waals surface area contributed by atoms with Gasteiger partial charge in [0.15, 0.2) is 0 Å². The van der Waals surface area contributed by atoms with E-state index in [1.807, 2.05) is 13.8 Å². The molecule has 18 heavy (non-hydrogen) atoms. The lowest BCUT2D eigenvalue weighted by molar-refractivity contribution is 0.0907. The van der Waals surface area contributed by atoms with E-state index < -0.39 is 0 Å². The maximum Gasteiger partial charge on any atom is 0.252 e. The minimum absolute atomic E-state index is 0.0656. The van der Waals surface area contributed by atoms with Gasteiger partial charge in [0, 0.05) is 10.2 Å². The Hall–Kier alpha value is -1.07. The minimum Gasteiger partial charge on any atom is -0.399 e. The third-order valence-corrected chi connectivity index (χ3v) is 3.24. The Bertz CT molecular complexity index is 421. The standard InChI is InChI=1S/C13H19BrN2O2/c1-8(2)5-10(7-17)16-13(18)11-6-9(15)3-4-12(11)14/h3-4,6,8,10,17H,5,7,15H2,1-2H3,(H,16,18). The monoisotopic (exact) mass is 314 g/mol. The summed E-state index contributed by atoms with van der Waals surface area (Å²) in [5, 5.41) is 12.1. The van der Waals surface area contributed by atoms with Crippen molar-refractivity contribution < 1.29 is 9.90 Å². The summed E-state index contributed by atoms with van der Waals surface area (Å²) in [6.07, 6.45) is 0.738. The third kappa shape index (κ3) is 4.31. The fourth-order valence-corrected chi connectivity index (χ4v) is 2.15. The summed E-state index contributed by atoms with van der Waals surface area (Å²) < 4.78 is 0.690. The van der Waals surface area contributed by atoms with E-state index in [4.69, 9.17) is 5.73 Å². The van der Waals surface area contributed by atoms with Crippen molar-refractivity contribution in [3.8, 4) is 0 Å². The zero-order chi connectivity index (χ0) is 13.7. The first-order chi connectivity index (χ1) is 8.43. The predicted octanol–water partition coefficient (Wildman–Crippen LogP) is 2.17. The molecule has 0 aliphatic rings. The number of amides is 1. The van der Waals surface area contributed by atoms with Crippen molar-refractivity contribution in [3.63, 3.8) is 0 Å². The molecule has 4 N–H and O–H groups in total. The number of aliphatic hydroxyl groups is 1. The summed E-state index contributed by atoms with van der Waals surface area (Å²) in [5.74, 6) is 0.181. The number of hydrogen-bond acceptors (Lipinski definition) is 3. The van der Waals surface area contributed by atoms with Gasteiger partial charge < -0.3 is 16.2 Å². The Morgan fingerprint density at radius 1 is 1.50 bits per heavy atom. The van der Waals surface area contributed by atoms with E-state index in [-0.39, 0.29) is 18.6 Å². The highest BCUT2D eigenvalue weighted by atomic mass is 79.9. The Labute approximate surface area is 116 Å². The van der Waals surface area contributed by atoms with Crippen LogP contribution in [0.15, 0.2) is 22.7 Å². The fraction of sp³-hybridized carbons (Fsp3) is 0.462. The number of hydrogen-bond donors (Lipinski definition) is 3. The largest absolute Gasteiger partial charge is 0.399 e. The quantitative estimate of drug-likeness (QED) is 0.729. The van der Waals surface area contributed by atoms with Gasteiger partial charge in [-0.15, -0.1) is 0 Å². The molecular formula is C13H19BrN2O2. The number of rotatable bonds is 5. The van der Waals surface area contributed by atoms with Crippen molar-refractivity contribution in [1.82, 2.24) is 5.32 Å². The van der Waals surface area contributed by atoms with E-state index in [2.05, 4.69) is 21.2 Å². The zero-order valence-electron chi connectivity index (χ0n) is 10.6. The lowest BCUT2D eigenvalue weighted by Crippen LogP contribution is -2.38. The highest BCUT2D eigenvalue weighted by Gasteiger charge is 2.16. The number of carbonyl (C=O) groups is 1. The maximum absolute atomic E-state index is 12.1. The molecule has 1 unspecified atom stereocenters. The molecule has 1 aromatic carbocycles. The van der Waals surface area contributed by atoms with Gasteiger partial charge in [0.25, 0.3) is 5.91 Å². The van der Waals surface area contributed by atoms with Crippen LogP contribution in [-0.4, -0.2) is 23.7 Å². The number of benzene rings is 1. The van der Waals surface area contributed by atoms with Crippen LogP contribution < -0.4 is 11.1 Å². The lowest BCUT2D eigenvalue weighted by Gasteiger charge is -2.18. The van der Waals surface area contributed by atoms with Gasteiger partial charge in [0.05, 0.1) is 18.2 Å². The summed E-state index contributed by atoms with van der Waals surface area (Å²) in [4.78, 5) is 12.1. The van der Waals surface area contributed by atoms with Crippen LogP contribution in [0.3, 0.4) is 0 Å². The molecule has 0 spiro atoms. The molecule has 1 atom stereocenters. The lowest BCUT2D eigenvalue weighted by atomic mass is 10.0. The van der Waals surface area contributed by atoms with Crippen LogP contribution in [0.2, 0.25) is 0 Å². The normalized spacial score (nSPS) is 12.5. The molecule has 0 fully saturated rings. The van der Waals surface area contributed by atoms with E-state index in [0.29, 0.717) is 21.6 Å². The molecule has 1 amide bonds. The molecule has 100 valence electrons. The highest BCUT2D eigenvalue weighted by Crippen LogP contribution is 2.19. The minimum atomic E-state index is -0.231.